The highest BCUT2D eigenvalue weighted by Crippen LogP contribution is 2.36. The van der Waals surface area contributed by atoms with Crippen LogP contribution < -0.4 is 10.6 Å². The molecule has 2 nitrogen and oxygen atoms in total. The molecule has 1 heterocycles. The van der Waals surface area contributed by atoms with Crippen LogP contribution in [0.25, 0.3) is 0 Å². The molecular weight excluding hydrogens is 252 g/mol. The van der Waals surface area contributed by atoms with Crippen molar-refractivity contribution in [1.29, 1.82) is 0 Å². The Kier molecular flexibility index (Phi) is 3.58. The van der Waals surface area contributed by atoms with Gasteiger partial charge in [0, 0.05) is 22.6 Å². The Bertz CT molecular complexity index is 529. The van der Waals surface area contributed by atoms with Gasteiger partial charge in [0.2, 0.25) is 0 Å². The molecule has 1 aliphatic rings. The van der Waals surface area contributed by atoms with E-state index in [1.807, 2.05) is 11.3 Å². The molecule has 3 heteroatoms. The standard InChI is InChI=1S/C16H20N2S/c1-12(17)15-6-2-3-7-16(15)18(13-8-9-13)11-14-5-4-10-19-14/h2-7,10,12-13H,8-9,11,17H2,1H3/t12-/m1/s1. The van der Waals surface area contributed by atoms with Gasteiger partial charge in [0.1, 0.15) is 0 Å². The molecule has 2 aromatic rings. The van der Waals surface area contributed by atoms with Gasteiger partial charge in [0.15, 0.2) is 0 Å². The van der Waals surface area contributed by atoms with Crippen molar-refractivity contribution in [1.82, 2.24) is 0 Å². The van der Waals surface area contributed by atoms with Crippen molar-refractivity contribution in [2.75, 3.05) is 4.90 Å². The maximum Gasteiger partial charge on any atom is 0.0526 e. The molecule has 3 rings (SSSR count). The summed E-state index contributed by atoms with van der Waals surface area (Å²) >= 11 is 1.83. The van der Waals surface area contributed by atoms with E-state index in [1.165, 1.54) is 29.0 Å². The quantitative estimate of drug-likeness (QED) is 0.893. The lowest BCUT2D eigenvalue weighted by Gasteiger charge is -2.27. The molecular formula is C16H20N2S. The predicted octanol–water partition coefficient (Wildman–Crippen LogP) is 3.94. The Labute approximate surface area is 118 Å². The molecule has 0 bridgehead atoms. The molecule has 1 saturated carbocycles. The van der Waals surface area contributed by atoms with E-state index in [4.69, 9.17) is 5.73 Å². The van der Waals surface area contributed by atoms with Crippen LogP contribution in [0.4, 0.5) is 5.69 Å². The molecule has 0 saturated heterocycles. The zero-order valence-corrected chi connectivity index (χ0v) is 12.1. The van der Waals surface area contributed by atoms with E-state index >= 15 is 0 Å². The molecule has 0 radical (unpaired) electrons. The highest BCUT2D eigenvalue weighted by Gasteiger charge is 2.30. The number of nitrogens with zero attached hydrogens (tertiary/aromatic N) is 1. The van der Waals surface area contributed by atoms with Crippen LogP contribution in [0.2, 0.25) is 0 Å². The van der Waals surface area contributed by atoms with E-state index in [-0.39, 0.29) is 6.04 Å². The van der Waals surface area contributed by atoms with Gasteiger partial charge in [0.05, 0.1) is 6.54 Å². The number of nitrogens with two attached hydrogens (primary N) is 1. The summed E-state index contributed by atoms with van der Waals surface area (Å²) in [5.41, 5.74) is 8.69. The van der Waals surface area contributed by atoms with Crippen LogP contribution in [-0.4, -0.2) is 6.04 Å². The molecule has 19 heavy (non-hydrogen) atoms. The fourth-order valence-corrected chi connectivity index (χ4v) is 3.20. The summed E-state index contributed by atoms with van der Waals surface area (Å²) < 4.78 is 0. The first-order valence-corrected chi connectivity index (χ1v) is 7.77. The average Bonchev–Trinajstić information content (AvgIpc) is 3.13. The first-order valence-electron chi connectivity index (χ1n) is 6.89. The lowest BCUT2D eigenvalue weighted by atomic mass is 10.1. The van der Waals surface area contributed by atoms with Gasteiger partial charge in [-0.25, -0.2) is 0 Å². The summed E-state index contributed by atoms with van der Waals surface area (Å²) in [7, 11) is 0. The van der Waals surface area contributed by atoms with Gasteiger partial charge in [-0.05, 0) is 42.8 Å². The SMILES string of the molecule is C[C@@H](N)c1ccccc1N(Cc1cccs1)C1CC1. The Morgan fingerprint density at radius 1 is 1.26 bits per heavy atom. The minimum absolute atomic E-state index is 0.0841. The summed E-state index contributed by atoms with van der Waals surface area (Å²) in [6.45, 7) is 3.07. The van der Waals surface area contributed by atoms with E-state index in [9.17, 15) is 0 Å². The highest BCUT2D eigenvalue weighted by molar-refractivity contribution is 7.09. The Morgan fingerprint density at radius 3 is 2.68 bits per heavy atom. The van der Waals surface area contributed by atoms with Gasteiger partial charge in [0.25, 0.3) is 0 Å². The molecule has 2 N–H and O–H groups in total. The highest BCUT2D eigenvalue weighted by atomic mass is 32.1. The second kappa shape index (κ2) is 5.35. The molecule has 0 spiro atoms. The van der Waals surface area contributed by atoms with E-state index in [0.717, 1.165) is 6.54 Å². The molecule has 0 aliphatic heterocycles. The number of hydrogen-bond donors (Lipinski definition) is 1. The first kappa shape index (κ1) is 12.7. The maximum absolute atomic E-state index is 6.12. The van der Waals surface area contributed by atoms with Crippen LogP contribution in [0.15, 0.2) is 41.8 Å². The van der Waals surface area contributed by atoms with Crippen molar-refractivity contribution in [2.45, 2.75) is 38.4 Å². The third-order valence-corrected chi connectivity index (χ3v) is 4.49. The summed E-state index contributed by atoms with van der Waals surface area (Å²) in [4.78, 5) is 3.95. The van der Waals surface area contributed by atoms with Gasteiger partial charge in [-0.1, -0.05) is 24.3 Å². The van der Waals surface area contributed by atoms with Crippen molar-refractivity contribution < 1.29 is 0 Å². The third kappa shape index (κ3) is 2.82. The maximum atomic E-state index is 6.12. The largest absolute Gasteiger partial charge is 0.363 e. The monoisotopic (exact) mass is 272 g/mol. The number of anilines is 1. The predicted molar refractivity (Wildman–Crippen MR) is 82.6 cm³/mol. The molecule has 1 aromatic carbocycles. The summed E-state index contributed by atoms with van der Waals surface area (Å²) in [6.07, 6.45) is 2.61. The second-order valence-electron chi connectivity index (χ2n) is 5.29. The van der Waals surface area contributed by atoms with Crippen LogP contribution in [0, 0.1) is 0 Å². The minimum Gasteiger partial charge on any atom is -0.363 e. The third-order valence-electron chi connectivity index (χ3n) is 3.63. The van der Waals surface area contributed by atoms with Crippen LogP contribution in [0.1, 0.15) is 36.2 Å². The lowest BCUT2D eigenvalue weighted by molar-refractivity contribution is 0.763. The van der Waals surface area contributed by atoms with Crippen LogP contribution in [0.3, 0.4) is 0 Å². The smallest absolute Gasteiger partial charge is 0.0526 e. The second-order valence-corrected chi connectivity index (χ2v) is 6.32. The number of benzene rings is 1. The topological polar surface area (TPSA) is 29.3 Å². The molecule has 1 aliphatic carbocycles. The fraction of sp³-hybridized carbons (Fsp3) is 0.375. The summed E-state index contributed by atoms with van der Waals surface area (Å²) in [5, 5.41) is 2.15. The zero-order valence-electron chi connectivity index (χ0n) is 11.3. The van der Waals surface area contributed by atoms with E-state index in [0.29, 0.717) is 6.04 Å². The van der Waals surface area contributed by atoms with Gasteiger partial charge in [-0.3, -0.25) is 0 Å². The molecule has 100 valence electrons. The Morgan fingerprint density at radius 2 is 2.05 bits per heavy atom. The number of thiophene rings is 1. The fourth-order valence-electron chi connectivity index (χ4n) is 2.50. The molecule has 1 atom stereocenters. The van der Waals surface area contributed by atoms with Gasteiger partial charge >= 0.3 is 0 Å². The van der Waals surface area contributed by atoms with E-state index < -0.39 is 0 Å². The van der Waals surface area contributed by atoms with Crippen molar-refractivity contribution in [3.05, 3.63) is 52.2 Å². The van der Waals surface area contributed by atoms with E-state index in [2.05, 4.69) is 53.6 Å². The van der Waals surface area contributed by atoms with Crippen LogP contribution in [0.5, 0.6) is 0 Å². The van der Waals surface area contributed by atoms with Crippen molar-refractivity contribution in [3.63, 3.8) is 0 Å². The lowest BCUT2D eigenvalue weighted by Crippen LogP contribution is -2.26. The molecule has 1 fully saturated rings. The Hall–Kier alpha value is -1.32. The van der Waals surface area contributed by atoms with E-state index in [1.54, 1.807) is 0 Å². The summed E-state index contributed by atoms with van der Waals surface area (Å²) in [5.74, 6) is 0. The average molecular weight is 272 g/mol. The Balaban J connectivity index is 1.92. The number of hydrogen-bond acceptors (Lipinski definition) is 3. The van der Waals surface area contributed by atoms with Gasteiger partial charge in [-0.2, -0.15) is 0 Å². The molecule has 1 aromatic heterocycles. The van der Waals surface area contributed by atoms with Crippen molar-refractivity contribution >= 4 is 17.0 Å². The van der Waals surface area contributed by atoms with Crippen molar-refractivity contribution in [3.8, 4) is 0 Å². The number of para-hydroxylation sites is 1. The van der Waals surface area contributed by atoms with Gasteiger partial charge < -0.3 is 10.6 Å². The first-order chi connectivity index (χ1) is 9.25. The minimum atomic E-state index is 0.0841. The zero-order chi connectivity index (χ0) is 13.2. The normalized spacial score (nSPS) is 16.3. The molecule has 0 amide bonds. The summed E-state index contributed by atoms with van der Waals surface area (Å²) in [6, 6.07) is 13.7. The van der Waals surface area contributed by atoms with Gasteiger partial charge in [-0.15, -0.1) is 11.3 Å². The van der Waals surface area contributed by atoms with Crippen LogP contribution in [-0.2, 0) is 6.54 Å². The van der Waals surface area contributed by atoms with Crippen molar-refractivity contribution in [2.24, 2.45) is 5.73 Å². The number of rotatable bonds is 5. The molecule has 0 unspecified atom stereocenters. The van der Waals surface area contributed by atoms with Crippen LogP contribution >= 0.6 is 11.3 Å².